The van der Waals surface area contributed by atoms with Gasteiger partial charge >= 0.3 is 13.1 Å². The first kappa shape index (κ1) is 19.5. The van der Waals surface area contributed by atoms with Crippen molar-refractivity contribution >= 4 is 24.2 Å². The Morgan fingerprint density at radius 3 is 1.91 bits per heavy atom. The summed E-state index contributed by atoms with van der Waals surface area (Å²) in [5.41, 5.74) is 0.854. The summed E-state index contributed by atoms with van der Waals surface area (Å²) in [7, 11) is 3.18. The average Bonchev–Trinajstić information content (AvgIpc) is 2.69. The zero-order valence-corrected chi connectivity index (χ0v) is 15.4. The number of hydrogen-bond acceptors (Lipinski definition) is 4. The fourth-order valence-electron chi connectivity index (χ4n) is 2.13. The third-order valence-electron chi connectivity index (χ3n) is 4.23. The van der Waals surface area contributed by atoms with Crippen LogP contribution in [0.4, 0.5) is 5.69 Å². The van der Waals surface area contributed by atoms with E-state index in [1.165, 1.54) is 0 Å². The minimum absolute atomic E-state index is 0.228. The first-order chi connectivity index (χ1) is 10.5. The molecule has 1 saturated heterocycles. The Hall–Kier alpha value is -1.53. The monoisotopic (exact) mass is 321 g/mol. The van der Waals surface area contributed by atoms with E-state index in [1.54, 1.807) is 12.1 Å². The number of anilines is 1. The molecule has 0 radical (unpaired) electrons. The Morgan fingerprint density at radius 1 is 1.04 bits per heavy atom. The van der Waals surface area contributed by atoms with Gasteiger partial charge in [-0.05, 0) is 51.4 Å². The van der Waals surface area contributed by atoms with Crippen LogP contribution in [-0.4, -0.2) is 43.5 Å². The van der Waals surface area contributed by atoms with E-state index < -0.39 is 24.3 Å². The third kappa shape index (κ3) is 4.06. The second-order valence-corrected chi connectivity index (χ2v) is 6.60. The molecule has 0 aliphatic carbocycles. The van der Waals surface area contributed by atoms with Crippen molar-refractivity contribution < 1.29 is 19.2 Å². The molecule has 1 fully saturated rings. The van der Waals surface area contributed by atoms with Crippen LogP contribution in [0.3, 0.4) is 0 Å². The van der Waals surface area contributed by atoms with Crippen LogP contribution in [-0.2, 0) is 9.31 Å². The molecule has 1 N–H and O–H groups in total. The maximum absolute atomic E-state index is 11.3. The molecule has 0 amide bonds. The number of nitrogens with zero attached hydrogens (tertiary/aromatic N) is 1. The smallest absolute Gasteiger partial charge is 0.478 e. The van der Waals surface area contributed by atoms with Gasteiger partial charge in [-0.15, -0.1) is 0 Å². The highest BCUT2D eigenvalue weighted by Crippen LogP contribution is 2.36. The number of benzene rings is 1. The molecular formula is C17H28BNO4. The van der Waals surface area contributed by atoms with E-state index in [4.69, 9.17) is 9.31 Å². The van der Waals surface area contributed by atoms with Crippen LogP contribution in [0, 0.1) is 0 Å². The second kappa shape index (κ2) is 6.93. The minimum Gasteiger partial charge on any atom is -0.478 e. The van der Waals surface area contributed by atoms with E-state index in [-0.39, 0.29) is 5.56 Å². The highest BCUT2D eigenvalue weighted by atomic mass is 16.7. The van der Waals surface area contributed by atoms with Gasteiger partial charge in [-0.1, -0.05) is 13.8 Å². The zero-order chi connectivity index (χ0) is 18.0. The fraction of sp³-hybridized carbons (Fsp3) is 0.588. The molecule has 0 unspecified atom stereocenters. The lowest BCUT2D eigenvalue weighted by atomic mass is 9.78. The van der Waals surface area contributed by atoms with Gasteiger partial charge in [0.2, 0.25) is 0 Å². The van der Waals surface area contributed by atoms with Gasteiger partial charge in [0.1, 0.15) is 0 Å². The zero-order valence-electron chi connectivity index (χ0n) is 15.4. The Balaban J connectivity index is 0.00000127. The molecule has 128 valence electrons. The number of carbonyl (C=O) groups is 1. The van der Waals surface area contributed by atoms with Gasteiger partial charge in [-0.2, -0.15) is 0 Å². The summed E-state index contributed by atoms with van der Waals surface area (Å²) >= 11 is 0. The molecule has 0 saturated carbocycles. The highest BCUT2D eigenvalue weighted by Gasteiger charge is 2.51. The Bertz CT molecular complexity index is 554. The van der Waals surface area contributed by atoms with Gasteiger partial charge in [0.05, 0.1) is 16.8 Å². The van der Waals surface area contributed by atoms with Crippen LogP contribution in [0.25, 0.3) is 0 Å². The van der Waals surface area contributed by atoms with E-state index in [9.17, 15) is 9.90 Å². The SMILES string of the molecule is CC.CN(C)c1cc(B2OC(C)(C)C(C)(C)O2)cc(C(=O)O)c1. The summed E-state index contributed by atoms with van der Waals surface area (Å²) in [6.45, 7) is 11.9. The molecule has 23 heavy (non-hydrogen) atoms. The van der Waals surface area contributed by atoms with Crippen molar-refractivity contribution in [3.8, 4) is 0 Å². The van der Waals surface area contributed by atoms with Crippen LogP contribution in [0.15, 0.2) is 18.2 Å². The van der Waals surface area contributed by atoms with Crippen molar-refractivity contribution in [2.24, 2.45) is 0 Å². The Morgan fingerprint density at radius 2 is 1.52 bits per heavy atom. The van der Waals surface area contributed by atoms with E-state index in [0.29, 0.717) is 0 Å². The van der Waals surface area contributed by atoms with Crippen molar-refractivity contribution in [1.29, 1.82) is 0 Å². The maximum atomic E-state index is 11.3. The first-order valence-corrected chi connectivity index (χ1v) is 7.95. The summed E-state index contributed by atoms with van der Waals surface area (Å²) in [6, 6.07) is 5.14. The number of hydrogen-bond donors (Lipinski definition) is 1. The van der Waals surface area contributed by atoms with Crippen LogP contribution < -0.4 is 10.4 Å². The molecule has 0 aromatic heterocycles. The lowest BCUT2D eigenvalue weighted by Crippen LogP contribution is -2.41. The molecule has 0 atom stereocenters. The van der Waals surface area contributed by atoms with Crippen LogP contribution in [0.2, 0.25) is 0 Å². The number of aromatic carboxylic acids is 1. The Labute approximate surface area is 139 Å². The summed E-state index contributed by atoms with van der Waals surface area (Å²) < 4.78 is 12.0. The molecule has 6 heteroatoms. The molecular weight excluding hydrogens is 293 g/mol. The van der Waals surface area contributed by atoms with E-state index in [1.807, 2.05) is 66.6 Å². The summed E-state index contributed by atoms with van der Waals surface area (Å²) in [5.74, 6) is -0.962. The molecule has 1 aromatic rings. The number of rotatable bonds is 3. The van der Waals surface area contributed by atoms with Crippen molar-refractivity contribution in [3.63, 3.8) is 0 Å². The normalized spacial score (nSPS) is 18.2. The van der Waals surface area contributed by atoms with Crippen LogP contribution in [0.1, 0.15) is 51.9 Å². The second-order valence-electron chi connectivity index (χ2n) is 6.60. The summed E-state index contributed by atoms with van der Waals surface area (Å²) in [4.78, 5) is 13.2. The molecule has 2 rings (SSSR count). The molecule has 1 aliphatic heterocycles. The quantitative estimate of drug-likeness (QED) is 0.868. The van der Waals surface area contributed by atoms with Gasteiger partial charge in [0, 0.05) is 19.8 Å². The van der Waals surface area contributed by atoms with Gasteiger partial charge in [-0.3, -0.25) is 0 Å². The fourth-order valence-corrected chi connectivity index (χ4v) is 2.13. The largest absolute Gasteiger partial charge is 0.494 e. The van der Waals surface area contributed by atoms with Crippen LogP contribution >= 0.6 is 0 Å². The van der Waals surface area contributed by atoms with Gasteiger partial charge in [-0.25, -0.2) is 4.79 Å². The van der Waals surface area contributed by atoms with Gasteiger partial charge in [0.25, 0.3) is 0 Å². The predicted molar refractivity (Wildman–Crippen MR) is 94.8 cm³/mol. The maximum Gasteiger partial charge on any atom is 0.494 e. The van der Waals surface area contributed by atoms with E-state index >= 15 is 0 Å². The predicted octanol–water partition coefficient (Wildman–Crippen LogP) is 2.78. The first-order valence-electron chi connectivity index (χ1n) is 7.95. The molecule has 5 nitrogen and oxygen atoms in total. The molecule has 1 aliphatic rings. The van der Waals surface area contributed by atoms with Crippen molar-refractivity contribution in [1.82, 2.24) is 0 Å². The highest BCUT2D eigenvalue weighted by molar-refractivity contribution is 6.62. The van der Waals surface area contributed by atoms with Crippen molar-refractivity contribution in [2.75, 3.05) is 19.0 Å². The molecule has 1 aromatic carbocycles. The molecule has 1 heterocycles. The number of carboxylic acid groups (broad SMARTS) is 1. The number of carboxylic acids is 1. The third-order valence-corrected chi connectivity index (χ3v) is 4.23. The van der Waals surface area contributed by atoms with Crippen molar-refractivity contribution in [3.05, 3.63) is 23.8 Å². The minimum atomic E-state index is -0.962. The lowest BCUT2D eigenvalue weighted by molar-refractivity contribution is 0.00578. The molecule has 0 bridgehead atoms. The van der Waals surface area contributed by atoms with E-state index in [0.717, 1.165) is 11.2 Å². The average molecular weight is 321 g/mol. The Kier molecular flexibility index (Phi) is 5.88. The summed E-state index contributed by atoms with van der Waals surface area (Å²) in [5, 5.41) is 9.26. The van der Waals surface area contributed by atoms with Crippen LogP contribution in [0.5, 0.6) is 0 Å². The van der Waals surface area contributed by atoms with Gasteiger partial charge < -0.3 is 19.3 Å². The molecule has 0 spiro atoms. The summed E-state index contributed by atoms with van der Waals surface area (Å²) in [6.07, 6.45) is 0. The standard InChI is InChI=1S/C15H22BNO4.C2H6/c1-14(2)15(3,4)21-16(20-14)11-7-10(13(18)19)8-12(9-11)17(5)6;1-2/h7-9H,1-6H3,(H,18,19);1-2H3. The van der Waals surface area contributed by atoms with Crippen molar-refractivity contribution in [2.45, 2.75) is 52.7 Å². The van der Waals surface area contributed by atoms with Gasteiger partial charge in [0.15, 0.2) is 0 Å². The topological polar surface area (TPSA) is 59.0 Å². The van der Waals surface area contributed by atoms with E-state index in [2.05, 4.69) is 0 Å². The lowest BCUT2D eigenvalue weighted by Gasteiger charge is -2.32.